The second-order valence-corrected chi connectivity index (χ2v) is 5.76. The maximum atomic E-state index is 12.8. The second kappa shape index (κ2) is 5.88. The van der Waals surface area contributed by atoms with E-state index in [1.54, 1.807) is 24.3 Å². The molecule has 0 radical (unpaired) electrons. The molecule has 0 unspecified atom stereocenters. The van der Waals surface area contributed by atoms with Crippen LogP contribution < -0.4 is 5.76 Å². The molecule has 0 bridgehead atoms. The third-order valence-corrected chi connectivity index (χ3v) is 4.20. The lowest BCUT2D eigenvalue weighted by atomic mass is 10.2. The van der Waals surface area contributed by atoms with Crippen LogP contribution in [0, 0.1) is 3.70 Å². The van der Waals surface area contributed by atoms with E-state index in [0.29, 0.717) is 15.0 Å². The SMILES string of the molecule is O=c1oc(-c2ccccc2)c(I)n1-c1cccc(C(F)(F)F)c1. The maximum absolute atomic E-state index is 12.8. The highest BCUT2D eigenvalue weighted by Crippen LogP contribution is 2.31. The molecule has 7 heteroatoms. The third-order valence-electron chi connectivity index (χ3n) is 3.22. The van der Waals surface area contributed by atoms with Crippen LogP contribution in [0.2, 0.25) is 0 Å². The van der Waals surface area contributed by atoms with Crippen molar-refractivity contribution in [2.45, 2.75) is 6.18 Å². The summed E-state index contributed by atoms with van der Waals surface area (Å²) < 4.78 is 45.3. The lowest BCUT2D eigenvalue weighted by Crippen LogP contribution is -2.14. The predicted molar refractivity (Wildman–Crippen MR) is 87.5 cm³/mol. The summed E-state index contributed by atoms with van der Waals surface area (Å²) in [6.45, 7) is 0. The standard InChI is InChI=1S/C16H9F3INO2/c17-16(18,19)11-7-4-8-12(9-11)21-14(20)13(23-15(21)22)10-5-2-1-3-6-10/h1-9H. The van der Waals surface area contributed by atoms with Crippen molar-refractivity contribution in [3.63, 3.8) is 0 Å². The highest BCUT2D eigenvalue weighted by molar-refractivity contribution is 14.1. The van der Waals surface area contributed by atoms with Crippen LogP contribution >= 0.6 is 22.6 Å². The largest absolute Gasteiger partial charge is 0.425 e. The smallest absolute Gasteiger partial charge is 0.406 e. The summed E-state index contributed by atoms with van der Waals surface area (Å²) in [4.78, 5) is 12.1. The zero-order valence-electron chi connectivity index (χ0n) is 11.5. The lowest BCUT2D eigenvalue weighted by Gasteiger charge is -2.09. The van der Waals surface area contributed by atoms with E-state index in [0.717, 1.165) is 16.7 Å². The van der Waals surface area contributed by atoms with Gasteiger partial charge in [0.25, 0.3) is 0 Å². The molecular formula is C16H9F3INO2. The summed E-state index contributed by atoms with van der Waals surface area (Å²) >= 11 is 1.89. The molecule has 0 saturated heterocycles. The molecule has 0 amide bonds. The molecule has 0 N–H and O–H groups in total. The molecule has 118 valence electrons. The molecule has 3 aromatic rings. The molecule has 0 atom stereocenters. The van der Waals surface area contributed by atoms with Crippen molar-refractivity contribution in [1.82, 2.24) is 4.57 Å². The lowest BCUT2D eigenvalue weighted by molar-refractivity contribution is -0.137. The molecule has 3 nitrogen and oxygen atoms in total. The van der Waals surface area contributed by atoms with Gasteiger partial charge >= 0.3 is 11.9 Å². The Hall–Kier alpha value is -2.03. The van der Waals surface area contributed by atoms with Crippen molar-refractivity contribution < 1.29 is 17.6 Å². The van der Waals surface area contributed by atoms with E-state index in [-0.39, 0.29) is 5.69 Å². The Morgan fingerprint density at radius 1 is 1.00 bits per heavy atom. The number of halogens is 4. The fraction of sp³-hybridized carbons (Fsp3) is 0.0625. The Kier molecular flexibility index (Phi) is 4.05. The van der Waals surface area contributed by atoms with Crippen LogP contribution in [-0.2, 0) is 6.18 Å². The number of nitrogens with zero attached hydrogens (tertiary/aromatic N) is 1. The Bertz CT molecular complexity index is 898. The molecule has 0 aliphatic heterocycles. The molecule has 1 heterocycles. The van der Waals surface area contributed by atoms with E-state index in [1.165, 1.54) is 12.1 Å². The van der Waals surface area contributed by atoms with Crippen LogP contribution in [-0.4, -0.2) is 4.57 Å². The van der Waals surface area contributed by atoms with Gasteiger partial charge in [0.2, 0.25) is 0 Å². The number of hydrogen-bond donors (Lipinski definition) is 0. The van der Waals surface area contributed by atoms with Gasteiger partial charge in [-0.3, -0.25) is 0 Å². The topological polar surface area (TPSA) is 35.1 Å². The molecule has 0 aliphatic rings. The molecule has 1 aromatic heterocycles. The van der Waals surface area contributed by atoms with Crippen molar-refractivity contribution >= 4 is 22.6 Å². The van der Waals surface area contributed by atoms with E-state index in [1.807, 2.05) is 28.7 Å². The summed E-state index contributed by atoms with van der Waals surface area (Å²) in [5, 5.41) is 0. The van der Waals surface area contributed by atoms with Crippen molar-refractivity contribution in [1.29, 1.82) is 0 Å². The molecular weight excluding hydrogens is 422 g/mol. The van der Waals surface area contributed by atoms with Gasteiger partial charge in [0.05, 0.1) is 11.3 Å². The van der Waals surface area contributed by atoms with Crippen LogP contribution in [0.25, 0.3) is 17.0 Å². The fourth-order valence-corrected chi connectivity index (χ4v) is 3.06. The normalized spacial score (nSPS) is 11.7. The first-order chi connectivity index (χ1) is 10.9. The van der Waals surface area contributed by atoms with E-state index in [4.69, 9.17) is 4.42 Å². The summed E-state index contributed by atoms with van der Waals surface area (Å²) in [7, 11) is 0. The number of aromatic nitrogens is 1. The van der Waals surface area contributed by atoms with Gasteiger partial charge in [-0.05, 0) is 40.8 Å². The predicted octanol–water partition coefficient (Wildman–Crippen LogP) is 4.72. The van der Waals surface area contributed by atoms with Crippen molar-refractivity contribution in [2.24, 2.45) is 0 Å². The molecule has 3 rings (SSSR count). The zero-order chi connectivity index (χ0) is 16.6. The Labute approximate surface area is 142 Å². The van der Waals surface area contributed by atoms with E-state index >= 15 is 0 Å². The monoisotopic (exact) mass is 431 g/mol. The fourth-order valence-electron chi connectivity index (χ4n) is 2.16. The first-order valence-electron chi connectivity index (χ1n) is 6.52. The minimum absolute atomic E-state index is 0.111. The van der Waals surface area contributed by atoms with Gasteiger partial charge in [-0.2, -0.15) is 13.2 Å². The molecule has 0 aliphatic carbocycles. The molecule has 23 heavy (non-hydrogen) atoms. The zero-order valence-corrected chi connectivity index (χ0v) is 13.6. The minimum atomic E-state index is -4.48. The van der Waals surface area contributed by atoms with E-state index in [2.05, 4.69) is 0 Å². The number of hydrogen-bond acceptors (Lipinski definition) is 2. The van der Waals surface area contributed by atoms with Crippen molar-refractivity contribution in [3.8, 4) is 17.0 Å². The summed E-state index contributed by atoms with van der Waals surface area (Å²) in [6, 6.07) is 13.5. The van der Waals surface area contributed by atoms with Crippen molar-refractivity contribution in [2.75, 3.05) is 0 Å². The second-order valence-electron chi connectivity index (χ2n) is 4.74. The number of alkyl halides is 3. The number of rotatable bonds is 2. The van der Waals surface area contributed by atoms with Gasteiger partial charge in [0.15, 0.2) is 5.76 Å². The van der Waals surface area contributed by atoms with Gasteiger partial charge in [-0.1, -0.05) is 36.4 Å². The molecule has 0 saturated carbocycles. The van der Waals surface area contributed by atoms with Gasteiger partial charge in [-0.25, -0.2) is 9.36 Å². The quantitative estimate of drug-likeness (QED) is 0.551. The Morgan fingerprint density at radius 3 is 2.35 bits per heavy atom. The summed E-state index contributed by atoms with van der Waals surface area (Å²) in [6.07, 6.45) is -4.48. The number of benzene rings is 2. The van der Waals surface area contributed by atoms with Crippen LogP contribution in [0.3, 0.4) is 0 Å². The van der Waals surface area contributed by atoms with Gasteiger partial charge < -0.3 is 4.42 Å². The third kappa shape index (κ3) is 3.05. The van der Waals surface area contributed by atoms with E-state index < -0.39 is 17.5 Å². The van der Waals surface area contributed by atoms with Crippen molar-refractivity contribution in [3.05, 3.63) is 74.4 Å². The van der Waals surface area contributed by atoms with Crippen LogP contribution in [0.1, 0.15) is 5.56 Å². The van der Waals surface area contributed by atoms with Crippen LogP contribution in [0.5, 0.6) is 0 Å². The minimum Gasteiger partial charge on any atom is -0.406 e. The van der Waals surface area contributed by atoms with Gasteiger partial charge in [0.1, 0.15) is 3.70 Å². The van der Waals surface area contributed by atoms with Gasteiger partial charge in [0, 0.05) is 5.56 Å². The summed E-state index contributed by atoms with van der Waals surface area (Å²) in [5.41, 5.74) is -0.0277. The van der Waals surface area contributed by atoms with Gasteiger partial charge in [-0.15, -0.1) is 0 Å². The van der Waals surface area contributed by atoms with E-state index in [9.17, 15) is 18.0 Å². The highest BCUT2D eigenvalue weighted by Gasteiger charge is 2.31. The molecule has 0 spiro atoms. The Morgan fingerprint density at radius 2 is 1.70 bits per heavy atom. The first-order valence-corrected chi connectivity index (χ1v) is 7.60. The number of oxazole rings is 1. The van der Waals surface area contributed by atoms with Crippen LogP contribution in [0.15, 0.2) is 63.8 Å². The average Bonchev–Trinajstić information content (AvgIpc) is 2.82. The van der Waals surface area contributed by atoms with Crippen LogP contribution in [0.4, 0.5) is 13.2 Å². The molecule has 0 fully saturated rings. The highest BCUT2D eigenvalue weighted by atomic mass is 127. The first kappa shape index (κ1) is 15.9. The molecule has 2 aromatic carbocycles. The maximum Gasteiger partial charge on any atom is 0.425 e. The Balaban J connectivity index is 2.16. The average molecular weight is 431 g/mol. The summed E-state index contributed by atoms with van der Waals surface area (Å²) in [5.74, 6) is -0.402.